The van der Waals surface area contributed by atoms with Crippen molar-refractivity contribution in [3.8, 4) is 11.5 Å². The van der Waals surface area contributed by atoms with Gasteiger partial charge in [-0.1, -0.05) is 6.07 Å². The number of carbonyl (C=O) groups excluding carboxylic acids is 1. The van der Waals surface area contributed by atoms with Crippen molar-refractivity contribution in [2.75, 3.05) is 37.5 Å². The van der Waals surface area contributed by atoms with E-state index in [4.69, 9.17) is 9.47 Å². The van der Waals surface area contributed by atoms with Gasteiger partial charge in [0.1, 0.15) is 0 Å². The molecule has 2 rings (SSSR count). The predicted octanol–water partition coefficient (Wildman–Crippen LogP) is 3.80. The van der Waals surface area contributed by atoms with Crippen LogP contribution in [-0.2, 0) is 0 Å². The Morgan fingerprint density at radius 3 is 2.21 bits per heavy atom. The van der Waals surface area contributed by atoms with Gasteiger partial charge in [0.05, 0.1) is 19.8 Å². The third-order valence-corrected chi connectivity index (χ3v) is 3.90. The van der Waals surface area contributed by atoms with Crippen LogP contribution in [0.5, 0.6) is 11.5 Å². The van der Waals surface area contributed by atoms with Crippen LogP contribution in [0, 0.1) is 0 Å². The highest BCUT2D eigenvalue weighted by molar-refractivity contribution is 6.06. The first-order valence-corrected chi connectivity index (χ1v) is 8.01. The van der Waals surface area contributed by atoms with Crippen molar-refractivity contribution in [1.82, 2.24) is 0 Å². The average molecular weight is 328 g/mol. The molecular weight excluding hydrogens is 304 g/mol. The summed E-state index contributed by atoms with van der Waals surface area (Å²) in [5.74, 6) is 0.723. The molecule has 0 fully saturated rings. The van der Waals surface area contributed by atoms with Crippen LogP contribution >= 0.6 is 0 Å². The molecule has 0 spiro atoms. The quantitative estimate of drug-likeness (QED) is 0.840. The second-order valence-corrected chi connectivity index (χ2v) is 5.21. The highest BCUT2D eigenvalue weighted by Crippen LogP contribution is 2.31. The molecule has 0 saturated heterocycles. The third kappa shape index (κ3) is 3.79. The number of anilines is 2. The molecule has 0 bridgehead atoms. The monoisotopic (exact) mass is 328 g/mol. The van der Waals surface area contributed by atoms with Gasteiger partial charge in [0.25, 0.3) is 5.91 Å². The molecule has 0 radical (unpaired) electrons. The molecule has 0 unspecified atom stereocenters. The number of carbonyl (C=O) groups is 1. The van der Waals surface area contributed by atoms with Crippen molar-refractivity contribution in [3.05, 3.63) is 48.0 Å². The summed E-state index contributed by atoms with van der Waals surface area (Å²) >= 11 is 0. The lowest BCUT2D eigenvalue weighted by Crippen LogP contribution is -2.21. The Balaban J connectivity index is 2.18. The van der Waals surface area contributed by atoms with Gasteiger partial charge in [0, 0.05) is 24.5 Å². The highest BCUT2D eigenvalue weighted by atomic mass is 16.5. The number of hydrogen-bond acceptors (Lipinski definition) is 4. The van der Waals surface area contributed by atoms with Crippen LogP contribution in [-0.4, -0.2) is 33.2 Å². The lowest BCUT2D eigenvalue weighted by Gasteiger charge is -2.21. The average Bonchev–Trinajstić information content (AvgIpc) is 2.63. The molecule has 0 atom stereocenters. The largest absolute Gasteiger partial charge is 0.493 e. The molecule has 24 heavy (non-hydrogen) atoms. The number of nitrogens with one attached hydrogen (secondary N) is 1. The molecule has 0 aliphatic carbocycles. The first-order valence-electron chi connectivity index (χ1n) is 8.01. The number of nitrogens with zero attached hydrogens (tertiary/aromatic N) is 1. The Morgan fingerprint density at radius 1 is 1.00 bits per heavy atom. The summed E-state index contributed by atoms with van der Waals surface area (Å²) in [7, 11) is 3.07. The number of amides is 1. The first kappa shape index (κ1) is 17.7. The molecule has 0 aliphatic heterocycles. The topological polar surface area (TPSA) is 50.8 Å². The van der Waals surface area contributed by atoms with E-state index in [1.807, 2.05) is 24.3 Å². The Labute approximate surface area is 143 Å². The van der Waals surface area contributed by atoms with E-state index < -0.39 is 0 Å². The highest BCUT2D eigenvalue weighted by Gasteiger charge is 2.16. The lowest BCUT2D eigenvalue weighted by molar-refractivity contribution is 0.102. The summed E-state index contributed by atoms with van der Waals surface area (Å²) in [5, 5.41) is 2.89. The summed E-state index contributed by atoms with van der Waals surface area (Å²) in [5.41, 5.74) is 2.31. The molecular formula is C19H24N2O3. The fourth-order valence-electron chi connectivity index (χ4n) is 2.61. The van der Waals surface area contributed by atoms with Gasteiger partial charge in [-0.2, -0.15) is 0 Å². The van der Waals surface area contributed by atoms with Gasteiger partial charge in [-0.25, -0.2) is 0 Å². The summed E-state index contributed by atoms with van der Waals surface area (Å²) < 4.78 is 10.5. The third-order valence-electron chi connectivity index (χ3n) is 3.90. The first-order chi connectivity index (χ1) is 11.6. The van der Waals surface area contributed by atoms with Gasteiger partial charge >= 0.3 is 0 Å². The molecule has 1 N–H and O–H groups in total. The molecule has 0 aromatic heterocycles. The number of rotatable bonds is 7. The van der Waals surface area contributed by atoms with Crippen molar-refractivity contribution in [3.63, 3.8) is 0 Å². The van der Waals surface area contributed by atoms with Gasteiger partial charge in [-0.15, -0.1) is 0 Å². The van der Waals surface area contributed by atoms with Crippen LogP contribution in [0.2, 0.25) is 0 Å². The minimum atomic E-state index is -0.235. The molecule has 5 nitrogen and oxygen atoms in total. The number of para-hydroxylation sites is 1. The minimum Gasteiger partial charge on any atom is -0.493 e. The van der Waals surface area contributed by atoms with Crippen molar-refractivity contribution < 1.29 is 14.3 Å². The van der Waals surface area contributed by atoms with Crippen molar-refractivity contribution >= 4 is 17.3 Å². The van der Waals surface area contributed by atoms with Crippen molar-refractivity contribution in [2.24, 2.45) is 0 Å². The second-order valence-electron chi connectivity index (χ2n) is 5.21. The standard InChI is InChI=1S/C19H24N2O3/c1-5-21(6-2)15-12-10-14(11-13-15)20-19(22)16-8-7-9-17(23-3)18(16)24-4/h7-13H,5-6H2,1-4H3,(H,20,22). The van der Waals surface area contributed by atoms with Gasteiger partial charge in [-0.05, 0) is 50.2 Å². The minimum absolute atomic E-state index is 0.235. The van der Waals surface area contributed by atoms with E-state index >= 15 is 0 Å². The molecule has 2 aromatic rings. The van der Waals surface area contributed by atoms with E-state index in [2.05, 4.69) is 24.1 Å². The Kier molecular flexibility index (Phi) is 6.07. The van der Waals surface area contributed by atoms with E-state index in [0.717, 1.165) is 24.5 Å². The molecule has 0 aliphatic rings. The Hall–Kier alpha value is -2.69. The number of hydrogen-bond donors (Lipinski definition) is 1. The lowest BCUT2D eigenvalue weighted by atomic mass is 10.1. The van der Waals surface area contributed by atoms with Crippen LogP contribution in [0.1, 0.15) is 24.2 Å². The zero-order valence-electron chi connectivity index (χ0n) is 14.6. The maximum absolute atomic E-state index is 12.5. The van der Waals surface area contributed by atoms with Gasteiger partial charge < -0.3 is 19.7 Å². The number of methoxy groups -OCH3 is 2. The molecule has 2 aromatic carbocycles. The zero-order valence-corrected chi connectivity index (χ0v) is 14.6. The zero-order chi connectivity index (χ0) is 17.5. The van der Waals surface area contributed by atoms with Gasteiger partial charge in [0.2, 0.25) is 0 Å². The summed E-state index contributed by atoms with van der Waals surface area (Å²) in [6.07, 6.45) is 0. The Bertz CT molecular complexity index is 680. The maximum atomic E-state index is 12.5. The fourth-order valence-corrected chi connectivity index (χ4v) is 2.61. The SMILES string of the molecule is CCN(CC)c1ccc(NC(=O)c2cccc(OC)c2OC)cc1. The van der Waals surface area contributed by atoms with Crippen LogP contribution in [0.25, 0.3) is 0 Å². The molecule has 128 valence electrons. The maximum Gasteiger partial charge on any atom is 0.259 e. The van der Waals surface area contributed by atoms with Crippen LogP contribution < -0.4 is 19.7 Å². The van der Waals surface area contributed by atoms with E-state index in [-0.39, 0.29) is 5.91 Å². The van der Waals surface area contributed by atoms with Crippen LogP contribution in [0.15, 0.2) is 42.5 Å². The van der Waals surface area contributed by atoms with E-state index in [1.165, 1.54) is 7.11 Å². The van der Waals surface area contributed by atoms with Gasteiger partial charge in [0.15, 0.2) is 11.5 Å². The van der Waals surface area contributed by atoms with E-state index in [0.29, 0.717) is 17.1 Å². The predicted molar refractivity (Wildman–Crippen MR) is 97.5 cm³/mol. The number of ether oxygens (including phenoxy) is 2. The molecule has 0 heterocycles. The normalized spacial score (nSPS) is 10.2. The van der Waals surface area contributed by atoms with E-state index in [1.54, 1.807) is 25.3 Å². The number of benzene rings is 2. The summed E-state index contributed by atoms with van der Waals surface area (Å²) in [4.78, 5) is 14.8. The summed E-state index contributed by atoms with van der Waals surface area (Å²) in [6.45, 7) is 6.13. The van der Waals surface area contributed by atoms with Crippen LogP contribution in [0.4, 0.5) is 11.4 Å². The smallest absolute Gasteiger partial charge is 0.259 e. The van der Waals surface area contributed by atoms with Crippen molar-refractivity contribution in [1.29, 1.82) is 0 Å². The summed E-state index contributed by atoms with van der Waals surface area (Å²) in [6, 6.07) is 13.0. The van der Waals surface area contributed by atoms with E-state index in [9.17, 15) is 4.79 Å². The molecule has 5 heteroatoms. The van der Waals surface area contributed by atoms with Gasteiger partial charge in [-0.3, -0.25) is 4.79 Å². The Morgan fingerprint density at radius 2 is 1.67 bits per heavy atom. The van der Waals surface area contributed by atoms with Crippen LogP contribution in [0.3, 0.4) is 0 Å². The molecule has 1 amide bonds. The molecule has 0 saturated carbocycles. The second kappa shape index (κ2) is 8.24. The van der Waals surface area contributed by atoms with Crippen molar-refractivity contribution in [2.45, 2.75) is 13.8 Å². The fraction of sp³-hybridized carbons (Fsp3) is 0.316.